The first kappa shape index (κ1) is 32.0. The summed E-state index contributed by atoms with van der Waals surface area (Å²) in [5.74, 6) is -1.03. The van der Waals surface area contributed by atoms with Crippen molar-refractivity contribution >= 4 is 17.8 Å². The van der Waals surface area contributed by atoms with Gasteiger partial charge in [0, 0.05) is 56.7 Å². The van der Waals surface area contributed by atoms with E-state index in [1.165, 1.54) is 0 Å². The van der Waals surface area contributed by atoms with Crippen LogP contribution in [-0.2, 0) is 21.0 Å². The van der Waals surface area contributed by atoms with Crippen molar-refractivity contribution in [2.75, 3.05) is 66.7 Å². The van der Waals surface area contributed by atoms with Gasteiger partial charge in [-0.2, -0.15) is 0 Å². The molecule has 11 heteroatoms. The Morgan fingerprint density at radius 2 is 1.86 bits per heavy atom. The van der Waals surface area contributed by atoms with Gasteiger partial charge in [0.2, 0.25) is 18.6 Å². The summed E-state index contributed by atoms with van der Waals surface area (Å²) in [7, 11) is 4.09. The zero-order valence-electron chi connectivity index (χ0n) is 25.4. The van der Waals surface area contributed by atoms with Gasteiger partial charge in [-0.3, -0.25) is 19.3 Å². The minimum absolute atomic E-state index is 0.0158. The Morgan fingerprint density at radius 1 is 1.10 bits per heavy atom. The van der Waals surface area contributed by atoms with Crippen LogP contribution >= 0.6 is 0 Å². The predicted octanol–water partition coefficient (Wildman–Crippen LogP) is 2.36. The molecule has 1 aromatic rings. The summed E-state index contributed by atoms with van der Waals surface area (Å²) < 4.78 is 11.1. The van der Waals surface area contributed by atoms with Gasteiger partial charge in [0.1, 0.15) is 0 Å². The number of carbonyl (C=O) groups excluding carboxylic acids is 2. The maximum atomic E-state index is 13.8. The standard InChI is InChI=1S/C31H48N4O7/c1-4-5-12-33(13-7-6-11-32(2)3)28(38)19-35-18-24(22-16-23(20-36)30-26(17-22)41-21-42-30)29(31(39)40)25(35)10-15-34-14-8-9-27(34)37/h16-17,24-25,29,36H,4-15,18-21H2,1-3H3,(H,39,40)/t24-,25+,29-/m1/s1. The molecular formula is C31H48N4O7. The fourth-order valence-electron chi connectivity index (χ4n) is 6.57. The monoisotopic (exact) mass is 588 g/mol. The number of aliphatic hydroxyl groups is 1. The molecule has 3 aliphatic heterocycles. The second-order valence-corrected chi connectivity index (χ2v) is 12.1. The summed E-state index contributed by atoms with van der Waals surface area (Å²) >= 11 is 0. The largest absolute Gasteiger partial charge is 0.481 e. The number of nitrogens with zero attached hydrogens (tertiary/aromatic N) is 4. The Kier molecular flexibility index (Phi) is 11.5. The van der Waals surface area contributed by atoms with Crippen LogP contribution in [-0.4, -0.2) is 120 Å². The molecule has 0 aliphatic carbocycles. The number of benzene rings is 1. The first-order valence-electron chi connectivity index (χ1n) is 15.4. The highest BCUT2D eigenvalue weighted by Gasteiger charge is 2.47. The molecule has 0 bridgehead atoms. The second-order valence-electron chi connectivity index (χ2n) is 12.1. The highest BCUT2D eigenvalue weighted by atomic mass is 16.7. The molecule has 11 nitrogen and oxygen atoms in total. The number of likely N-dealkylation sites (tertiary alicyclic amines) is 2. The van der Waals surface area contributed by atoms with Crippen molar-refractivity contribution in [1.29, 1.82) is 0 Å². The Balaban J connectivity index is 1.58. The molecule has 2 amide bonds. The van der Waals surface area contributed by atoms with E-state index in [1.54, 1.807) is 6.07 Å². The zero-order chi connectivity index (χ0) is 30.2. The quantitative estimate of drug-likeness (QED) is 0.280. The molecule has 2 saturated heterocycles. The topological polar surface area (TPSA) is 123 Å². The zero-order valence-corrected chi connectivity index (χ0v) is 25.4. The van der Waals surface area contributed by atoms with Crippen LogP contribution in [0.2, 0.25) is 0 Å². The van der Waals surface area contributed by atoms with E-state index < -0.39 is 23.8 Å². The summed E-state index contributed by atoms with van der Waals surface area (Å²) in [5.41, 5.74) is 1.31. The van der Waals surface area contributed by atoms with Crippen molar-refractivity contribution in [2.45, 2.75) is 70.4 Å². The molecule has 3 atom stereocenters. The van der Waals surface area contributed by atoms with Crippen LogP contribution in [0, 0.1) is 5.92 Å². The van der Waals surface area contributed by atoms with E-state index in [9.17, 15) is 24.6 Å². The van der Waals surface area contributed by atoms with Crippen molar-refractivity contribution in [2.24, 2.45) is 5.92 Å². The average molecular weight is 589 g/mol. The molecule has 2 fully saturated rings. The number of unbranched alkanes of at least 4 members (excludes halogenated alkanes) is 2. The SMILES string of the molecule is CCCCN(CCCCN(C)C)C(=O)CN1C[C@H](c2cc(CO)c3c(c2)OCO3)[C@@H](C(=O)O)[C@@H]1CCN1CCCC1=O. The summed E-state index contributed by atoms with van der Waals surface area (Å²) in [6, 6.07) is 3.19. The maximum Gasteiger partial charge on any atom is 0.308 e. The summed E-state index contributed by atoms with van der Waals surface area (Å²) in [5, 5.41) is 20.5. The van der Waals surface area contributed by atoms with Crippen molar-refractivity contribution in [1.82, 2.24) is 19.6 Å². The minimum Gasteiger partial charge on any atom is -0.481 e. The third-order valence-electron chi connectivity index (χ3n) is 8.83. The van der Waals surface area contributed by atoms with Gasteiger partial charge in [-0.05, 0) is 70.4 Å². The van der Waals surface area contributed by atoms with Crippen LogP contribution in [0.25, 0.3) is 0 Å². The van der Waals surface area contributed by atoms with Crippen molar-refractivity contribution < 1.29 is 34.1 Å². The number of hydrogen-bond acceptors (Lipinski definition) is 8. The molecule has 234 valence electrons. The predicted molar refractivity (Wildman–Crippen MR) is 157 cm³/mol. The summed E-state index contributed by atoms with van der Waals surface area (Å²) in [4.78, 5) is 46.9. The third-order valence-corrected chi connectivity index (χ3v) is 8.83. The summed E-state index contributed by atoms with van der Waals surface area (Å²) in [6.45, 7) is 5.91. The van der Waals surface area contributed by atoms with Gasteiger partial charge in [0.25, 0.3) is 0 Å². The minimum atomic E-state index is -0.928. The van der Waals surface area contributed by atoms with E-state index >= 15 is 0 Å². The van der Waals surface area contributed by atoms with E-state index in [1.807, 2.05) is 34.9 Å². The number of fused-ring (bicyclic) bond motifs is 1. The van der Waals surface area contributed by atoms with Crippen LogP contribution in [0.1, 0.15) is 68.9 Å². The Bertz CT molecular complexity index is 1100. The highest BCUT2D eigenvalue weighted by Crippen LogP contribution is 2.44. The van der Waals surface area contributed by atoms with Crippen molar-refractivity contribution in [3.63, 3.8) is 0 Å². The van der Waals surface area contributed by atoms with E-state index in [2.05, 4.69) is 11.8 Å². The number of rotatable bonds is 16. The number of hydrogen-bond donors (Lipinski definition) is 2. The van der Waals surface area contributed by atoms with Gasteiger partial charge >= 0.3 is 5.97 Å². The molecule has 1 aromatic carbocycles. The van der Waals surface area contributed by atoms with Gasteiger partial charge < -0.3 is 34.4 Å². The van der Waals surface area contributed by atoms with E-state index in [-0.39, 0.29) is 31.8 Å². The first-order chi connectivity index (χ1) is 20.2. The number of carbonyl (C=O) groups is 3. The van der Waals surface area contributed by atoms with Crippen LogP contribution in [0.15, 0.2) is 12.1 Å². The number of carboxylic acids is 1. The Morgan fingerprint density at radius 3 is 2.52 bits per heavy atom. The molecule has 0 spiro atoms. The number of aliphatic carboxylic acids is 1. The van der Waals surface area contributed by atoms with E-state index in [4.69, 9.17) is 9.47 Å². The lowest BCUT2D eigenvalue weighted by Gasteiger charge is -2.31. The second kappa shape index (κ2) is 15.0. The smallest absolute Gasteiger partial charge is 0.308 e. The molecule has 0 saturated carbocycles. The molecule has 3 aliphatic rings. The van der Waals surface area contributed by atoms with E-state index in [0.717, 1.165) is 44.2 Å². The maximum absolute atomic E-state index is 13.8. The molecule has 0 radical (unpaired) electrons. The number of carboxylic acid groups (broad SMARTS) is 1. The van der Waals surface area contributed by atoms with Gasteiger partial charge in [0.15, 0.2) is 11.5 Å². The van der Waals surface area contributed by atoms with Gasteiger partial charge in [-0.15, -0.1) is 0 Å². The van der Waals surface area contributed by atoms with Crippen molar-refractivity contribution in [3.05, 3.63) is 23.3 Å². The molecule has 0 aromatic heterocycles. The van der Waals surface area contributed by atoms with Gasteiger partial charge in [0.05, 0.1) is 19.1 Å². The molecule has 3 heterocycles. The molecule has 4 rings (SSSR count). The lowest BCUT2D eigenvalue weighted by Crippen LogP contribution is -2.45. The normalized spacial score (nSPS) is 22.0. The van der Waals surface area contributed by atoms with Gasteiger partial charge in [-0.1, -0.05) is 13.3 Å². The van der Waals surface area contributed by atoms with Crippen LogP contribution in [0.4, 0.5) is 0 Å². The molecule has 42 heavy (non-hydrogen) atoms. The summed E-state index contributed by atoms with van der Waals surface area (Å²) in [6.07, 6.45) is 5.63. The van der Waals surface area contributed by atoms with Gasteiger partial charge in [-0.25, -0.2) is 0 Å². The van der Waals surface area contributed by atoms with Crippen LogP contribution in [0.5, 0.6) is 11.5 Å². The highest BCUT2D eigenvalue weighted by molar-refractivity contribution is 5.79. The number of amides is 2. The Hall–Kier alpha value is -2.89. The number of aliphatic hydroxyl groups excluding tert-OH is 1. The third kappa shape index (κ3) is 7.73. The Labute approximate surface area is 249 Å². The first-order valence-corrected chi connectivity index (χ1v) is 15.4. The van der Waals surface area contributed by atoms with Crippen LogP contribution < -0.4 is 9.47 Å². The molecule has 2 N–H and O–H groups in total. The number of ether oxygens (including phenoxy) is 2. The lowest BCUT2D eigenvalue weighted by molar-refractivity contribution is -0.144. The molecular weight excluding hydrogens is 540 g/mol. The average Bonchev–Trinajstić information content (AvgIpc) is 3.69. The fourth-order valence-corrected chi connectivity index (χ4v) is 6.57. The van der Waals surface area contributed by atoms with Crippen LogP contribution in [0.3, 0.4) is 0 Å². The van der Waals surface area contributed by atoms with Crippen molar-refractivity contribution in [3.8, 4) is 11.5 Å². The lowest BCUT2D eigenvalue weighted by atomic mass is 9.83. The fraction of sp³-hybridized carbons (Fsp3) is 0.710. The van der Waals surface area contributed by atoms with E-state index in [0.29, 0.717) is 62.6 Å². The molecule has 0 unspecified atom stereocenters.